The van der Waals surface area contributed by atoms with Gasteiger partial charge in [-0.25, -0.2) is 4.79 Å². The Bertz CT molecular complexity index is 982. The Balaban J connectivity index is 1.63. The van der Waals surface area contributed by atoms with Gasteiger partial charge in [-0.3, -0.25) is 4.79 Å². The zero-order valence-corrected chi connectivity index (χ0v) is 18.5. The number of aryl methyl sites for hydroxylation is 1. The van der Waals surface area contributed by atoms with E-state index >= 15 is 0 Å². The van der Waals surface area contributed by atoms with E-state index in [1.807, 2.05) is 24.3 Å². The van der Waals surface area contributed by atoms with Crippen LogP contribution in [-0.4, -0.2) is 50.8 Å². The largest absolute Gasteiger partial charge is 0.496 e. The van der Waals surface area contributed by atoms with Crippen LogP contribution in [0.25, 0.3) is 0 Å². The van der Waals surface area contributed by atoms with Crippen LogP contribution in [0.15, 0.2) is 24.3 Å². The molecule has 164 valence electrons. The second-order valence-corrected chi connectivity index (χ2v) is 8.18. The van der Waals surface area contributed by atoms with Crippen molar-refractivity contribution < 1.29 is 19.1 Å². The Morgan fingerprint density at radius 1 is 1.29 bits per heavy atom. The second kappa shape index (κ2) is 10.8. The summed E-state index contributed by atoms with van der Waals surface area (Å²) in [6.45, 7) is 1.84. The SMILES string of the molecule is COCCNC(=O)N1CCc2c(sc(NC(=O)CCc3ccccc3OC)c2C#N)C1. The molecule has 2 aromatic rings. The highest BCUT2D eigenvalue weighted by Gasteiger charge is 2.27. The molecule has 0 fully saturated rings. The van der Waals surface area contributed by atoms with Crippen molar-refractivity contribution in [3.63, 3.8) is 0 Å². The molecule has 1 aliphatic rings. The van der Waals surface area contributed by atoms with Crippen molar-refractivity contribution in [1.29, 1.82) is 5.26 Å². The molecule has 0 saturated carbocycles. The maximum absolute atomic E-state index is 12.5. The lowest BCUT2D eigenvalue weighted by Crippen LogP contribution is -2.43. The van der Waals surface area contributed by atoms with Gasteiger partial charge in [-0.15, -0.1) is 11.3 Å². The Hall–Kier alpha value is -3.09. The number of hydrogen-bond acceptors (Lipinski definition) is 6. The summed E-state index contributed by atoms with van der Waals surface area (Å²) in [6.07, 6.45) is 1.41. The van der Waals surface area contributed by atoms with Gasteiger partial charge in [-0.1, -0.05) is 18.2 Å². The van der Waals surface area contributed by atoms with Crippen LogP contribution in [0.5, 0.6) is 5.75 Å². The molecule has 1 aromatic heterocycles. The number of hydrogen-bond donors (Lipinski definition) is 2. The molecular formula is C22H26N4O4S. The number of thiophene rings is 1. The number of para-hydroxylation sites is 1. The average Bonchev–Trinajstić information content (AvgIpc) is 3.13. The van der Waals surface area contributed by atoms with Crippen LogP contribution in [0, 0.1) is 11.3 Å². The first-order chi connectivity index (χ1) is 15.1. The molecule has 1 aliphatic heterocycles. The lowest BCUT2D eigenvalue weighted by Gasteiger charge is -2.27. The molecule has 0 saturated heterocycles. The molecule has 2 heterocycles. The van der Waals surface area contributed by atoms with Gasteiger partial charge in [0.25, 0.3) is 0 Å². The van der Waals surface area contributed by atoms with E-state index in [-0.39, 0.29) is 18.4 Å². The molecule has 0 atom stereocenters. The van der Waals surface area contributed by atoms with E-state index in [1.165, 1.54) is 11.3 Å². The molecular weight excluding hydrogens is 416 g/mol. The number of amides is 3. The molecule has 3 amide bonds. The maximum Gasteiger partial charge on any atom is 0.317 e. The van der Waals surface area contributed by atoms with Crippen molar-refractivity contribution >= 4 is 28.3 Å². The maximum atomic E-state index is 12.5. The lowest BCUT2D eigenvalue weighted by molar-refractivity contribution is -0.116. The fraction of sp³-hybridized carbons (Fsp3) is 0.409. The third kappa shape index (κ3) is 5.54. The first kappa shape index (κ1) is 22.6. The van der Waals surface area contributed by atoms with E-state index < -0.39 is 0 Å². The molecule has 0 radical (unpaired) electrons. The number of nitrogens with one attached hydrogen (secondary N) is 2. The van der Waals surface area contributed by atoms with Gasteiger partial charge in [-0.05, 0) is 30.0 Å². The molecule has 8 nitrogen and oxygen atoms in total. The number of fused-ring (bicyclic) bond motifs is 1. The first-order valence-electron chi connectivity index (χ1n) is 10.1. The standard InChI is InChI=1S/C22H26N4O4S/c1-29-12-10-24-22(28)26-11-9-16-17(13-23)21(31-19(16)14-26)25-20(27)8-7-15-5-3-4-6-18(15)30-2/h3-6H,7-12,14H2,1-2H3,(H,24,28)(H,25,27). The van der Waals surface area contributed by atoms with Crippen molar-refractivity contribution in [2.45, 2.75) is 25.8 Å². The highest BCUT2D eigenvalue weighted by atomic mass is 32.1. The quantitative estimate of drug-likeness (QED) is 0.612. The van der Waals surface area contributed by atoms with Gasteiger partial charge in [0.1, 0.15) is 16.8 Å². The summed E-state index contributed by atoms with van der Waals surface area (Å²) in [5.74, 6) is 0.596. The zero-order valence-electron chi connectivity index (χ0n) is 17.7. The van der Waals surface area contributed by atoms with Gasteiger partial charge >= 0.3 is 6.03 Å². The number of ether oxygens (including phenoxy) is 2. The number of rotatable bonds is 8. The Kier molecular flexibility index (Phi) is 7.87. The Morgan fingerprint density at radius 3 is 2.84 bits per heavy atom. The molecule has 0 unspecified atom stereocenters. The van der Waals surface area contributed by atoms with Gasteiger partial charge < -0.3 is 25.0 Å². The van der Waals surface area contributed by atoms with E-state index in [4.69, 9.17) is 9.47 Å². The molecule has 31 heavy (non-hydrogen) atoms. The summed E-state index contributed by atoms with van der Waals surface area (Å²) in [7, 11) is 3.19. The molecule has 0 spiro atoms. The van der Waals surface area contributed by atoms with Crippen LogP contribution < -0.4 is 15.4 Å². The molecule has 1 aromatic carbocycles. The third-order valence-corrected chi connectivity index (χ3v) is 6.24. The number of nitrogens with zero attached hydrogens (tertiary/aromatic N) is 2. The predicted octanol–water partition coefficient (Wildman–Crippen LogP) is 2.91. The second-order valence-electron chi connectivity index (χ2n) is 7.08. The van der Waals surface area contributed by atoms with Gasteiger partial charge in [0, 0.05) is 31.5 Å². The van der Waals surface area contributed by atoms with Crippen LogP contribution in [-0.2, 0) is 28.9 Å². The zero-order chi connectivity index (χ0) is 22.2. The topological polar surface area (TPSA) is 104 Å². The summed E-state index contributed by atoms with van der Waals surface area (Å²) in [6, 6.07) is 9.67. The summed E-state index contributed by atoms with van der Waals surface area (Å²) < 4.78 is 10.3. The van der Waals surface area contributed by atoms with E-state index in [0.717, 1.165) is 21.8 Å². The van der Waals surface area contributed by atoms with Crippen LogP contribution in [0.1, 0.15) is 28.0 Å². The van der Waals surface area contributed by atoms with Crippen LogP contribution in [0.4, 0.5) is 9.80 Å². The van der Waals surface area contributed by atoms with Crippen molar-refractivity contribution in [1.82, 2.24) is 10.2 Å². The lowest BCUT2D eigenvalue weighted by atomic mass is 10.0. The Labute approximate surface area is 185 Å². The van der Waals surface area contributed by atoms with Crippen LogP contribution in [0.3, 0.4) is 0 Å². The number of urea groups is 1. The molecule has 2 N–H and O–H groups in total. The van der Waals surface area contributed by atoms with Crippen molar-refractivity contribution in [2.24, 2.45) is 0 Å². The normalized spacial score (nSPS) is 12.6. The number of nitriles is 1. The minimum Gasteiger partial charge on any atom is -0.496 e. The summed E-state index contributed by atoms with van der Waals surface area (Å²) >= 11 is 1.37. The number of methoxy groups -OCH3 is 2. The number of carbonyl (C=O) groups excluding carboxylic acids is 2. The van der Waals surface area contributed by atoms with E-state index in [1.54, 1.807) is 19.1 Å². The number of benzene rings is 1. The molecule has 9 heteroatoms. The predicted molar refractivity (Wildman–Crippen MR) is 118 cm³/mol. The Morgan fingerprint density at radius 2 is 2.10 bits per heavy atom. The fourth-order valence-corrected chi connectivity index (χ4v) is 4.73. The summed E-state index contributed by atoms with van der Waals surface area (Å²) in [5, 5.41) is 15.9. The monoisotopic (exact) mass is 442 g/mol. The smallest absolute Gasteiger partial charge is 0.317 e. The molecule has 0 aliphatic carbocycles. The van der Waals surface area contributed by atoms with Gasteiger partial charge in [0.05, 0.1) is 25.8 Å². The van der Waals surface area contributed by atoms with Gasteiger partial charge in [0.15, 0.2) is 0 Å². The van der Waals surface area contributed by atoms with Crippen LogP contribution in [0.2, 0.25) is 0 Å². The average molecular weight is 443 g/mol. The van der Waals surface area contributed by atoms with Gasteiger partial charge in [0.2, 0.25) is 5.91 Å². The molecule has 3 rings (SSSR count). The minimum absolute atomic E-state index is 0.156. The highest BCUT2D eigenvalue weighted by molar-refractivity contribution is 7.16. The number of anilines is 1. The van der Waals surface area contributed by atoms with E-state index in [9.17, 15) is 14.9 Å². The highest BCUT2D eigenvalue weighted by Crippen LogP contribution is 2.36. The molecule has 0 bridgehead atoms. The van der Waals surface area contributed by atoms with Crippen molar-refractivity contribution in [3.05, 3.63) is 45.8 Å². The first-order valence-corrected chi connectivity index (χ1v) is 10.9. The van der Waals surface area contributed by atoms with Crippen molar-refractivity contribution in [2.75, 3.05) is 39.2 Å². The minimum atomic E-state index is -0.157. The third-order valence-electron chi connectivity index (χ3n) is 5.11. The fourth-order valence-electron chi connectivity index (χ4n) is 3.50. The number of carbonyl (C=O) groups is 2. The van der Waals surface area contributed by atoms with Gasteiger partial charge in [-0.2, -0.15) is 5.26 Å². The van der Waals surface area contributed by atoms with Crippen molar-refractivity contribution in [3.8, 4) is 11.8 Å². The summed E-state index contributed by atoms with van der Waals surface area (Å²) in [4.78, 5) is 27.5. The van der Waals surface area contributed by atoms with E-state index in [2.05, 4.69) is 16.7 Å². The van der Waals surface area contributed by atoms with E-state index in [0.29, 0.717) is 49.6 Å². The summed E-state index contributed by atoms with van der Waals surface area (Å²) in [5.41, 5.74) is 2.39. The van der Waals surface area contributed by atoms with Crippen LogP contribution >= 0.6 is 11.3 Å².